The minimum absolute atomic E-state index is 0.00222. The van der Waals surface area contributed by atoms with Gasteiger partial charge in [-0.2, -0.15) is 0 Å². The van der Waals surface area contributed by atoms with Crippen LogP contribution in [0.25, 0.3) is 0 Å². The summed E-state index contributed by atoms with van der Waals surface area (Å²) in [4.78, 5) is 21.2. The van der Waals surface area contributed by atoms with Gasteiger partial charge in [0.25, 0.3) is 0 Å². The van der Waals surface area contributed by atoms with E-state index >= 15 is 0 Å². The number of carbonyl (C=O) groups is 2. The Morgan fingerprint density at radius 1 is 1.69 bits per heavy atom. The summed E-state index contributed by atoms with van der Waals surface area (Å²) >= 11 is 0. The summed E-state index contributed by atoms with van der Waals surface area (Å²) in [6, 6.07) is 0. The number of cyclic esters (lactones) is 2. The minimum atomic E-state index is -0.729. The van der Waals surface area contributed by atoms with Crippen molar-refractivity contribution in [3.63, 3.8) is 0 Å². The number of ether oxygens (including phenoxy) is 3. The van der Waals surface area contributed by atoms with Crippen LogP contribution in [0, 0.1) is 0 Å². The van der Waals surface area contributed by atoms with Crippen LogP contribution in [0.4, 0.5) is 4.79 Å². The molecule has 5 heteroatoms. The zero-order chi connectivity index (χ0) is 9.84. The van der Waals surface area contributed by atoms with Crippen molar-refractivity contribution < 1.29 is 23.8 Å². The van der Waals surface area contributed by atoms with Gasteiger partial charge in [0.15, 0.2) is 6.10 Å². The molecule has 1 aliphatic rings. The van der Waals surface area contributed by atoms with Crippen LogP contribution in [-0.4, -0.2) is 30.9 Å². The third-order valence-electron chi connectivity index (χ3n) is 1.61. The standard InChI is InChI=1S/C8H10O5/c1-3-7(9)11-4-6-5(2)12-8(10)13-6/h3,5-6H,1,4H2,2H3. The van der Waals surface area contributed by atoms with E-state index in [1.165, 1.54) is 0 Å². The van der Waals surface area contributed by atoms with Crippen LogP contribution in [0.2, 0.25) is 0 Å². The Morgan fingerprint density at radius 2 is 2.38 bits per heavy atom. The summed E-state index contributed by atoms with van der Waals surface area (Å²) < 4.78 is 14.0. The molecule has 0 aromatic carbocycles. The number of esters is 1. The summed E-state index contributed by atoms with van der Waals surface area (Å²) in [6.45, 7) is 4.89. The number of hydrogen-bond acceptors (Lipinski definition) is 5. The molecule has 0 bridgehead atoms. The van der Waals surface area contributed by atoms with E-state index in [4.69, 9.17) is 4.74 Å². The van der Waals surface area contributed by atoms with Gasteiger partial charge in [0.1, 0.15) is 12.7 Å². The Morgan fingerprint density at radius 3 is 2.85 bits per heavy atom. The van der Waals surface area contributed by atoms with E-state index in [1.807, 2.05) is 0 Å². The van der Waals surface area contributed by atoms with Gasteiger partial charge in [-0.15, -0.1) is 0 Å². The summed E-state index contributed by atoms with van der Waals surface area (Å²) in [6.07, 6.45) is -0.587. The van der Waals surface area contributed by atoms with Gasteiger partial charge in [0, 0.05) is 6.08 Å². The van der Waals surface area contributed by atoms with Crippen molar-refractivity contribution >= 4 is 12.1 Å². The Bertz CT molecular complexity index is 235. The highest BCUT2D eigenvalue weighted by Crippen LogP contribution is 2.14. The first-order valence-electron chi connectivity index (χ1n) is 3.80. The van der Waals surface area contributed by atoms with Gasteiger partial charge in [-0.3, -0.25) is 0 Å². The second-order valence-electron chi connectivity index (χ2n) is 2.56. The van der Waals surface area contributed by atoms with Crippen molar-refractivity contribution in [3.8, 4) is 0 Å². The van der Waals surface area contributed by atoms with Crippen LogP contribution in [-0.2, 0) is 19.0 Å². The van der Waals surface area contributed by atoms with Crippen LogP contribution in [0.3, 0.4) is 0 Å². The lowest BCUT2D eigenvalue weighted by molar-refractivity contribution is -0.140. The fourth-order valence-corrected chi connectivity index (χ4v) is 0.868. The lowest BCUT2D eigenvalue weighted by Gasteiger charge is -2.09. The molecule has 1 saturated heterocycles. The Kier molecular flexibility index (Phi) is 2.89. The molecule has 2 unspecified atom stereocenters. The first kappa shape index (κ1) is 9.57. The highest BCUT2D eigenvalue weighted by atomic mass is 16.8. The average molecular weight is 186 g/mol. The quantitative estimate of drug-likeness (QED) is 0.478. The number of hydrogen-bond donors (Lipinski definition) is 0. The Labute approximate surface area is 75.3 Å². The lowest BCUT2D eigenvalue weighted by Crippen LogP contribution is -2.26. The van der Waals surface area contributed by atoms with E-state index < -0.39 is 18.2 Å². The molecule has 0 radical (unpaired) electrons. The van der Waals surface area contributed by atoms with Crippen molar-refractivity contribution in [3.05, 3.63) is 12.7 Å². The van der Waals surface area contributed by atoms with Crippen molar-refractivity contribution in [2.24, 2.45) is 0 Å². The molecule has 5 nitrogen and oxygen atoms in total. The summed E-state index contributed by atoms with van der Waals surface area (Å²) in [5.74, 6) is -0.546. The Hall–Kier alpha value is -1.52. The molecule has 1 heterocycles. The van der Waals surface area contributed by atoms with Crippen molar-refractivity contribution in [1.82, 2.24) is 0 Å². The van der Waals surface area contributed by atoms with Crippen LogP contribution in [0.5, 0.6) is 0 Å². The molecular weight excluding hydrogens is 176 g/mol. The molecule has 0 amide bonds. The number of rotatable bonds is 3. The van der Waals surface area contributed by atoms with Gasteiger partial charge in [-0.05, 0) is 6.92 Å². The zero-order valence-corrected chi connectivity index (χ0v) is 7.19. The van der Waals surface area contributed by atoms with E-state index in [1.54, 1.807) is 6.92 Å². The molecule has 1 aliphatic heterocycles. The van der Waals surface area contributed by atoms with E-state index in [-0.39, 0.29) is 12.7 Å². The molecule has 0 saturated carbocycles. The highest BCUT2D eigenvalue weighted by molar-refractivity contribution is 5.81. The molecule has 0 spiro atoms. The van der Waals surface area contributed by atoms with Crippen molar-refractivity contribution in [1.29, 1.82) is 0 Å². The fourth-order valence-electron chi connectivity index (χ4n) is 0.868. The summed E-state index contributed by atoms with van der Waals surface area (Å²) in [5, 5.41) is 0. The van der Waals surface area contributed by atoms with Crippen LogP contribution < -0.4 is 0 Å². The van der Waals surface area contributed by atoms with E-state index in [0.29, 0.717) is 0 Å². The van der Waals surface area contributed by atoms with Crippen LogP contribution in [0.15, 0.2) is 12.7 Å². The molecular formula is C8H10O5. The van der Waals surface area contributed by atoms with Crippen LogP contribution >= 0.6 is 0 Å². The maximum atomic E-state index is 10.6. The average Bonchev–Trinajstić information content (AvgIpc) is 2.41. The van der Waals surface area contributed by atoms with E-state index in [9.17, 15) is 9.59 Å². The smallest absolute Gasteiger partial charge is 0.458 e. The second kappa shape index (κ2) is 3.93. The molecule has 0 aromatic rings. The van der Waals surface area contributed by atoms with Gasteiger partial charge in [0.2, 0.25) is 0 Å². The molecule has 1 rings (SSSR count). The largest absolute Gasteiger partial charge is 0.509 e. The SMILES string of the molecule is C=CC(=O)OCC1OC(=O)OC1C. The monoisotopic (exact) mass is 186 g/mol. The van der Waals surface area contributed by atoms with E-state index in [0.717, 1.165) is 6.08 Å². The maximum Gasteiger partial charge on any atom is 0.509 e. The van der Waals surface area contributed by atoms with E-state index in [2.05, 4.69) is 16.1 Å². The second-order valence-corrected chi connectivity index (χ2v) is 2.56. The predicted molar refractivity (Wildman–Crippen MR) is 42.0 cm³/mol. The van der Waals surface area contributed by atoms with Gasteiger partial charge in [-0.25, -0.2) is 9.59 Å². The van der Waals surface area contributed by atoms with Crippen molar-refractivity contribution in [2.75, 3.05) is 6.61 Å². The topological polar surface area (TPSA) is 61.8 Å². The van der Waals surface area contributed by atoms with Crippen LogP contribution in [0.1, 0.15) is 6.92 Å². The normalized spacial score (nSPS) is 26.1. The summed E-state index contributed by atoms with van der Waals surface area (Å²) in [7, 11) is 0. The highest BCUT2D eigenvalue weighted by Gasteiger charge is 2.33. The van der Waals surface area contributed by atoms with Gasteiger partial charge < -0.3 is 14.2 Å². The molecule has 0 N–H and O–H groups in total. The third-order valence-corrected chi connectivity index (χ3v) is 1.61. The van der Waals surface area contributed by atoms with Gasteiger partial charge in [0.05, 0.1) is 0 Å². The molecule has 1 fully saturated rings. The maximum absolute atomic E-state index is 10.6. The molecule has 0 aliphatic carbocycles. The predicted octanol–water partition coefficient (Wildman–Crippen LogP) is 0.639. The lowest BCUT2D eigenvalue weighted by atomic mass is 10.2. The molecule has 72 valence electrons. The molecule has 2 atom stereocenters. The number of carbonyl (C=O) groups excluding carboxylic acids is 2. The fraction of sp³-hybridized carbons (Fsp3) is 0.500. The first-order valence-corrected chi connectivity index (χ1v) is 3.80. The molecule has 13 heavy (non-hydrogen) atoms. The zero-order valence-electron chi connectivity index (χ0n) is 7.19. The minimum Gasteiger partial charge on any atom is -0.458 e. The Balaban J connectivity index is 2.33. The third kappa shape index (κ3) is 2.47. The molecule has 0 aromatic heterocycles. The van der Waals surface area contributed by atoms with Gasteiger partial charge in [-0.1, -0.05) is 6.58 Å². The summed E-state index contributed by atoms with van der Waals surface area (Å²) in [5.41, 5.74) is 0. The van der Waals surface area contributed by atoms with Crippen molar-refractivity contribution in [2.45, 2.75) is 19.1 Å². The first-order chi connectivity index (χ1) is 6.13. The van der Waals surface area contributed by atoms with Gasteiger partial charge >= 0.3 is 12.1 Å².